The van der Waals surface area contributed by atoms with Gasteiger partial charge in [-0.3, -0.25) is 4.79 Å². The smallest absolute Gasteiger partial charge is 0.258 e. The van der Waals surface area contributed by atoms with Gasteiger partial charge >= 0.3 is 0 Å². The van der Waals surface area contributed by atoms with Gasteiger partial charge in [0.1, 0.15) is 12.4 Å². The molecule has 3 nitrogen and oxygen atoms in total. The van der Waals surface area contributed by atoms with Crippen LogP contribution in [-0.4, -0.2) is 12.5 Å². The number of halogens is 2. The van der Waals surface area contributed by atoms with Crippen LogP contribution in [0.4, 0.5) is 5.69 Å². The number of anilines is 1. The minimum absolute atomic E-state index is 0.0139. The highest BCUT2D eigenvalue weighted by molar-refractivity contribution is 6.42. The van der Waals surface area contributed by atoms with Gasteiger partial charge in [0.2, 0.25) is 0 Å². The molecule has 0 aliphatic carbocycles. The number of fused-ring (bicyclic) bond motifs is 1. The van der Waals surface area contributed by atoms with E-state index in [4.69, 9.17) is 27.9 Å². The van der Waals surface area contributed by atoms with E-state index in [1.54, 1.807) is 18.2 Å². The monoisotopic (exact) mass is 397 g/mol. The molecule has 136 valence electrons. The van der Waals surface area contributed by atoms with Crippen molar-refractivity contribution in [3.05, 3.63) is 93.5 Å². The summed E-state index contributed by atoms with van der Waals surface area (Å²) in [4.78, 5) is 14.8. The number of nitrogens with zero attached hydrogens (tertiary/aromatic N) is 1. The topological polar surface area (TPSA) is 29.5 Å². The Hall–Kier alpha value is -2.49. The molecule has 0 saturated carbocycles. The Labute approximate surface area is 168 Å². The molecular formula is C22H17Cl2NO2. The van der Waals surface area contributed by atoms with Crippen LogP contribution in [0, 0.1) is 0 Å². The van der Waals surface area contributed by atoms with E-state index in [2.05, 4.69) is 6.07 Å². The molecule has 0 spiro atoms. The lowest BCUT2D eigenvalue weighted by Crippen LogP contribution is -2.28. The molecule has 0 bridgehead atoms. The van der Waals surface area contributed by atoms with Crippen molar-refractivity contribution in [1.82, 2.24) is 0 Å². The number of hydrogen-bond donors (Lipinski definition) is 0. The maximum Gasteiger partial charge on any atom is 0.258 e. The summed E-state index contributed by atoms with van der Waals surface area (Å²) in [5.41, 5.74) is 3.72. The van der Waals surface area contributed by atoms with Gasteiger partial charge < -0.3 is 9.64 Å². The summed E-state index contributed by atoms with van der Waals surface area (Å²) in [6.45, 7) is 1.05. The zero-order valence-electron chi connectivity index (χ0n) is 14.5. The Balaban J connectivity index is 1.49. The second-order valence-electron chi connectivity index (χ2n) is 6.40. The molecule has 0 radical (unpaired) electrons. The van der Waals surface area contributed by atoms with Crippen LogP contribution in [0.15, 0.2) is 66.7 Å². The highest BCUT2D eigenvalue weighted by Gasteiger charge is 2.25. The zero-order chi connectivity index (χ0) is 18.8. The van der Waals surface area contributed by atoms with Gasteiger partial charge in [-0.05, 0) is 53.9 Å². The molecular weight excluding hydrogens is 381 g/mol. The van der Waals surface area contributed by atoms with Gasteiger partial charge in [-0.15, -0.1) is 0 Å². The highest BCUT2D eigenvalue weighted by Crippen LogP contribution is 2.29. The summed E-state index contributed by atoms with van der Waals surface area (Å²) in [6, 6.07) is 20.7. The third-order valence-electron chi connectivity index (χ3n) is 4.60. The number of benzene rings is 3. The minimum atomic E-state index is -0.0139. The van der Waals surface area contributed by atoms with Gasteiger partial charge in [0.25, 0.3) is 5.91 Å². The fourth-order valence-corrected chi connectivity index (χ4v) is 3.54. The molecule has 27 heavy (non-hydrogen) atoms. The van der Waals surface area contributed by atoms with E-state index in [1.165, 1.54) is 5.56 Å². The van der Waals surface area contributed by atoms with Crippen molar-refractivity contribution in [2.45, 2.75) is 13.0 Å². The second-order valence-corrected chi connectivity index (χ2v) is 7.21. The number of para-hydroxylation sites is 1. The van der Waals surface area contributed by atoms with Crippen molar-refractivity contribution in [2.24, 2.45) is 0 Å². The Morgan fingerprint density at radius 3 is 2.67 bits per heavy atom. The number of ether oxygens (including phenoxy) is 1. The average Bonchev–Trinajstić information content (AvgIpc) is 3.13. The molecule has 4 rings (SSSR count). The van der Waals surface area contributed by atoms with Crippen LogP contribution in [0.2, 0.25) is 10.0 Å². The summed E-state index contributed by atoms with van der Waals surface area (Å²) >= 11 is 12.0. The fraction of sp³-hybridized carbons (Fsp3) is 0.136. The maximum absolute atomic E-state index is 13.0. The Kier molecular flexibility index (Phi) is 5.06. The molecule has 0 unspecified atom stereocenters. The van der Waals surface area contributed by atoms with E-state index >= 15 is 0 Å². The third-order valence-corrected chi connectivity index (χ3v) is 5.34. The molecule has 1 amide bonds. The van der Waals surface area contributed by atoms with Crippen LogP contribution in [0.3, 0.4) is 0 Å². The Morgan fingerprint density at radius 1 is 0.963 bits per heavy atom. The van der Waals surface area contributed by atoms with Crippen LogP contribution < -0.4 is 9.64 Å². The number of carbonyl (C=O) groups excluding carboxylic acids is 1. The van der Waals surface area contributed by atoms with Gasteiger partial charge in [-0.1, -0.05) is 53.5 Å². The van der Waals surface area contributed by atoms with Crippen molar-refractivity contribution < 1.29 is 9.53 Å². The van der Waals surface area contributed by atoms with E-state index in [0.717, 1.165) is 17.7 Å². The lowest BCUT2D eigenvalue weighted by atomic mass is 10.1. The van der Waals surface area contributed by atoms with Gasteiger partial charge in [0, 0.05) is 17.8 Å². The lowest BCUT2D eigenvalue weighted by molar-refractivity contribution is 0.0989. The van der Waals surface area contributed by atoms with E-state index in [9.17, 15) is 4.79 Å². The minimum Gasteiger partial charge on any atom is -0.489 e. The first-order valence-corrected chi connectivity index (χ1v) is 9.44. The molecule has 0 fully saturated rings. The first-order valence-electron chi connectivity index (χ1n) is 8.68. The Morgan fingerprint density at radius 2 is 1.81 bits per heavy atom. The van der Waals surface area contributed by atoms with Crippen LogP contribution in [-0.2, 0) is 13.0 Å². The maximum atomic E-state index is 13.0. The standard InChI is InChI=1S/C22H17Cl2NO2/c23-19-9-8-15(12-20(19)24)14-27-18-6-3-5-17(13-18)22(26)25-11-10-16-4-1-2-7-21(16)25/h1-9,12-13H,10-11,14H2. The average molecular weight is 398 g/mol. The van der Waals surface area contributed by atoms with Gasteiger partial charge in [-0.25, -0.2) is 0 Å². The Bertz CT molecular complexity index is 1000. The summed E-state index contributed by atoms with van der Waals surface area (Å²) in [5, 5.41) is 1.01. The molecule has 0 N–H and O–H groups in total. The predicted molar refractivity (Wildman–Crippen MR) is 109 cm³/mol. The second kappa shape index (κ2) is 7.63. The van der Waals surface area contributed by atoms with Crippen molar-refractivity contribution in [3.8, 4) is 5.75 Å². The predicted octanol–water partition coefficient (Wildman–Crippen LogP) is 5.78. The third kappa shape index (κ3) is 3.80. The van der Waals surface area contributed by atoms with Crippen LogP contribution in [0.25, 0.3) is 0 Å². The molecule has 0 aromatic heterocycles. The van der Waals surface area contributed by atoms with Crippen molar-refractivity contribution in [1.29, 1.82) is 0 Å². The van der Waals surface area contributed by atoms with Crippen LogP contribution in [0.5, 0.6) is 5.75 Å². The largest absolute Gasteiger partial charge is 0.489 e. The molecule has 1 aliphatic rings. The van der Waals surface area contributed by atoms with E-state index in [1.807, 2.05) is 47.4 Å². The highest BCUT2D eigenvalue weighted by atomic mass is 35.5. The number of rotatable bonds is 4. The van der Waals surface area contributed by atoms with E-state index in [-0.39, 0.29) is 5.91 Å². The number of hydrogen-bond acceptors (Lipinski definition) is 2. The quantitative estimate of drug-likeness (QED) is 0.558. The molecule has 5 heteroatoms. The number of amides is 1. The number of carbonyl (C=O) groups is 1. The van der Waals surface area contributed by atoms with Gasteiger partial charge in [0.15, 0.2) is 0 Å². The van der Waals surface area contributed by atoms with Crippen LogP contribution in [0.1, 0.15) is 21.5 Å². The summed E-state index contributed by atoms with van der Waals surface area (Å²) in [5.74, 6) is 0.624. The van der Waals surface area contributed by atoms with E-state index in [0.29, 0.717) is 34.5 Å². The molecule has 0 saturated heterocycles. The van der Waals surface area contributed by atoms with Crippen molar-refractivity contribution >= 4 is 34.8 Å². The lowest BCUT2D eigenvalue weighted by Gasteiger charge is -2.18. The van der Waals surface area contributed by atoms with Crippen molar-refractivity contribution in [2.75, 3.05) is 11.4 Å². The molecule has 3 aromatic rings. The molecule has 3 aromatic carbocycles. The van der Waals surface area contributed by atoms with Gasteiger partial charge in [0.05, 0.1) is 10.0 Å². The summed E-state index contributed by atoms with van der Waals surface area (Å²) in [7, 11) is 0. The zero-order valence-corrected chi connectivity index (χ0v) is 16.0. The van der Waals surface area contributed by atoms with Crippen LogP contribution >= 0.6 is 23.2 Å². The van der Waals surface area contributed by atoms with Crippen molar-refractivity contribution in [3.63, 3.8) is 0 Å². The first kappa shape index (κ1) is 17.9. The molecule has 1 heterocycles. The fourth-order valence-electron chi connectivity index (χ4n) is 3.22. The normalized spacial score (nSPS) is 12.7. The molecule has 0 atom stereocenters. The van der Waals surface area contributed by atoms with E-state index < -0.39 is 0 Å². The first-order chi connectivity index (χ1) is 13.1. The SMILES string of the molecule is O=C(c1cccc(OCc2ccc(Cl)c(Cl)c2)c1)N1CCc2ccccc21. The summed E-state index contributed by atoms with van der Waals surface area (Å²) in [6.07, 6.45) is 0.884. The molecule has 1 aliphatic heterocycles. The van der Waals surface area contributed by atoms with Gasteiger partial charge in [-0.2, -0.15) is 0 Å². The summed E-state index contributed by atoms with van der Waals surface area (Å²) < 4.78 is 5.84.